The molecule has 0 bridgehead atoms. The Hall–Kier alpha value is -0.690. The molecule has 1 aliphatic heterocycles. The highest BCUT2D eigenvalue weighted by atomic mass is 35.5. The summed E-state index contributed by atoms with van der Waals surface area (Å²) in [4.78, 5) is 0. The SMILES string of the molecule is CC(C)CCCc1c(Cl)ccc2c1OCC2. The summed E-state index contributed by atoms with van der Waals surface area (Å²) in [5.41, 5.74) is 2.54. The first kappa shape index (κ1) is 11.8. The Morgan fingerprint density at radius 2 is 2.19 bits per heavy atom. The van der Waals surface area contributed by atoms with Crippen LogP contribution in [0.4, 0.5) is 0 Å². The third kappa shape index (κ3) is 2.52. The van der Waals surface area contributed by atoms with Crippen LogP contribution in [0.25, 0.3) is 0 Å². The molecule has 1 heterocycles. The van der Waals surface area contributed by atoms with Crippen molar-refractivity contribution in [2.24, 2.45) is 5.92 Å². The van der Waals surface area contributed by atoms with Crippen LogP contribution in [0.3, 0.4) is 0 Å². The van der Waals surface area contributed by atoms with Crippen molar-refractivity contribution in [2.75, 3.05) is 6.61 Å². The molecule has 1 aromatic rings. The summed E-state index contributed by atoms with van der Waals surface area (Å²) in [7, 11) is 0. The average molecular weight is 239 g/mol. The topological polar surface area (TPSA) is 9.23 Å². The predicted octanol–water partition coefficient (Wildman–Crippen LogP) is 4.25. The van der Waals surface area contributed by atoms with Crippen LogP contribution in [0.15, 0.2) is 12.1 Å². The van der Waals surface area contributed by atoms with Gasteiger partial charge in [-0.15, -0.1) is 0 Å². The fraction of sp³-hybridized carbons (Fsp3) is 0.571. The molecule has 0 saturated heterocycles. The van der Waals surface area contributed by atoms with Crippen LogP contribution in [-0.4, -0.2) is 6.61 Å². The standard InChI is InChI=1S/C14H19ClO/c1-10(2)4-3-5-12-13(15)7-6-11-8-9-16-14(11)12/h6-7,10H,3-5,8-9H2,1-2H3. The van der Waals surface area contributed by atoms with E-state index < -0.39 is 0 Å². The Kier molecular flexibility index (Phi) is 3.75. The zero-order valence-electron chi connectivity index (χ0n) is 10.1. The predicted molar refractivity (Wildman–Crippen MR) is 68.4 cm³/mol. The molecule has 0 spiro atoms. The fourth-order valence-corrected chi connectivity index (χ4v) is 2.46. The van der Waals surface area contributed by atoms with Crippen LogP contribution in [0.1, 0.15) is 37.8 Å². The van der Waals surface area contributed by atoms with Gasteiger partial charge in [0.15, 0.2) is 0 Å². The van der Waals surface area contributed by atoms with Gasteiger partial charge in [-0.3, -0.25) is 0 Å². The molecular weight excluding hydrogens is 220 g/mol. The largest absolute Gasteiger partial charge is 0.493 e. The van der Waals surface area contributed by atoms with Crippen molar-refractivity contribution in [3.8, 4) is 5.75 Å². The van der Waals surface area contributed by atoms with Crippen molar-refractivity contribution in [1.29, 1.82) is 0 Å². The number of halogens is 1. The van der Waals surface area contributed by atoms with Gasteiger partial charge in [0.25, 0.3) is 0 Å². The lowest BCUT2D eigenvalue weighted by molar-refractivity contribution is 0.352. The molecule has 0 saturated carbocycles. The van der Waals surface area contributed by atoms with Crippen LogP contribution in [-0.2, 0) is 12.8 Å². The lowest BCUT2D eigenvalue weighted by Gasteiger charge is -2.11. The maximum atomic E-state index is 6.24. The first-order chi connectivity index (χ1) is 7.68. The molecule has 0 aliphatic carbocycles. The molecule has 16 heavy (non-hydrogen) atoms. The molecule has 1 aliphatic rings. The highest BCUT2D eigenvalue weighted by Gasteiger charge is 2.18. The average Bonchev–Trinajstić information content (AvgIpc) is 2.69. The maximum absolute atomic E-state index is 6.24. The lowest BCUT2D eigenvalue weighted by Crippen LogP contribution is -1.95. The van der Waals surface area contributed by atoms with E-state index in [-0.39, 0.29) is 0 Å². The van der Waals surface area contributed by atoms with Gasteiger partial charge >= 0.3 is 0 Å². The Morgan fingerprint density at radius 1 is 1.38 bits per heavy atom. The smallest absolute Gasteiger partial charge is 0.127 e. The number of rotatable bonds is 4. The fourth-order valence-electron chi connectivity index (χ4n) is 2.21. The van der Waals surface area contributed by atoms with Crippen LogP contribution >= 0.6 is 11.6 Å². The van der Waals surface area contributed by atoms with Gasteiger partial charge in [-0.1, -0.05) is 37.9 Å². The van der Waals surface area contributed by atoms with E-state index in [4.69, 9.17) is 16.3 Å². The van der Waals surface area contributed by atoms with Crippen LogP contribution < -0.4 is 4.74 Å². The molecule has 0 atom stereocenters. The summed E-state index contributed by atoms with van der Waals surface area (Å²) in [6, 6.07) is 4.11. The summed E-state index contributed by atoms with van der Waals surface area (Å²) < 4.78 is 5.68. The van der Waals surface area contributed by atoms with E-state index in [0.29, 0.717) is 0 Å². The van der Waals surface area contributed by atoms with Crippen LogP contribution in [0.5, 0.6) is 5.75 Å². The molecule has 0 fully saturated rings. The van der Waals surface area contributed by atoms with Gasteiger partial charge in [-0.2, -0.15) is 0 Å². The van der Waals surface area contributed by atoms with Crippen molar-refractivity contribution in [2.45, 2.75) is 39.5 Å². The lowest BCUT2D eigenvalue weighted by atomic mass is 10.00. The Labute approximate surface area is 103 Å². The molecule has 0 unspecified atom stereocenters. The van der Waals surface area contributed by atoms with Crippen molar-refractivity contribution in [1.82, 2.24) is 0 Å². The van der Waals surface area contributed by atoms with Crippen molar-refractivity contribution < 1.29 is 4.74 Å². The third-order valence-corrected chi connectivity index (χ3v) is 3.47. The van der Waals surface area contributed by atoms with Crippen molar-refractivity contribution >= 4 is 11.6 Å². The summed E-state index contributed by atoms with van der Waals surface area (Å²) >= 11 is 6.24. The minimum Gasteiger partial charge on any atom is -0.493 e. The molecule has 1 nitrogen and oxygen atoms in total. The molecule has 0 amide bonds. The molecule has 0 aromatic heterocycles. The molecule has 0 N–H and O–H groups in total. The number of ether oxygens (including phenoxy) is 1. The van der Waals surface area contributed by atoms with E-state index in [0.717, 1.165) is 36.1 Å². The number of hydrogen-bond acceptors (Lipinski definition) is 1. The van der Waals surface area contributed by atoms with E-state index in [1.165, 1.54) is 24.0 Å². The van der Waals surface area contributed by atoms with Gasteiger partial charge in [0.1, 0.15) is 5.75 Å². The zero-order valence-corrected chi connectivity index (χ0v) is 10.8. The number of benzene rings is 1. The Balaban J connectivity index is 2.11. The first-order valence-corrected chi connectivity index (χ1v) is 6.49. The summed E-state index contributed by atoms with van der Waals surface area (Å²) in [6.07, 6.45) is 4.51. The second-order valence-electron chi connectivity index (χ2n) is 4.90. The maximum Gasteiger partial charge on any atom is 0.127 e. The number of hydrogen-bond donors (Lipinski definition) is 0. The van der Waals surface area contributed by atoms with Crippen molar-refractivity contribution in [3.63, 3.8) is 0 Å². The molecular formula is C14H19ClO. The van der Waals surface area contributed by atoms with Gasteiger partial charge in [0.05, 0.1) is 6.61 Å². The molecule has 2 rings (SSSR count). The quantitative estimate of drug-likeness (QED) is 0.762. The second kappa shape index (κ2) is 5.09. The summed E-state index contributed by atoms with van der Waals surface area (Å²) in [5, 5.41) is 0.865. The van der Waals surface area contributed by atoms with E-state index in [1.54, 1.807) is 0 Å². The van der Waals surface area contributed by atoms with Gasteiger partial charge < -0.3 is 4.74 Å². The molecule has 1 aromatic carbocycles. The summed E-state index contributed by atoms with van der Waals surface area (Å²) in [5.74, 6) is 1.83. The molecule has 2 heteroatoms. The van der Waals surface area contributed by atoms with E-state index in [9.17, 15) is 0 Å². The monoisotopic (exact) mass is 238 g/mol. The van der Waals surface area contributed by atoms with E-state index in [1.807, 2.05) is 6.07 Å². The minimum atomic E-state index is 0.761. The van der Waals surface area contributed by atoms with E-state index >= 15 is 0 Å². The molecule has 88 valence electrons. The third-order valence-electron chi connectivity index (χ3n) is 3.11. The summed E-state index contributed by atoms with van der Waals surface area (Å²) in [6.45, 7) is 5.33. The normalized spacial score (nSPS) is 14.0. The zero-order chi connectivity index (χ0) is 11.5. The van der Waals surface area contributed by atoms with Gasteiger partial charge in [-0.05, 0) is 30.4 Å². The van der Waals surface area contributed by atoms with Gasteiger partial charge in [0, 0.05) is 17.0 Å². The minimum absolute atomic E-state index is 0.761. The first-order valence-electron chi connectivity index (χ1n) is 6.11. The Morgan fingerprint density at radius 3 is 2.94 bits per heavy atom. The second-order valence-corrected chi connectivity index (χ2v) is 5.31. The van der Waals surface area contributed by atoms with Crippen molar-refractivity contribution in [3.05, 3.63) is 28.3 Å². The number of fused-ring (bicyclic) bond motifs is 1. The van der Waals surface area contributed by atoms with Crippen LogP contribution in [0, 0.1) is 5.92 Å². The van der Waals surface area contributed by atoms with Gasteiger partial charge in [0.2, 0.25) is 0 Å². The Bertz CT molecular complexity index is 371. The van der Waals surface area contributed by atoms with Gasteiger partial charge in [-0.25, -0.2) is 0 Å². The van der Waals surface area contributed by atoms with Crippen LogP contribution in [0.2, 0.25) is 5.02 Å². The molecule has 0 radical (unpaired) electrons. The highest BCUT2D eigenvalue weighted by molar-refractivity contribution is 6.31. The van der Waals surface area contributed by atoms with E-state index in [2.05, 4.69) is 19.9 Å². The highest BCUT2D eigenvalue weighted by Crippen LogP contribution is 2.35.